The van der Waals surface area contributed by atoms with E-state index in [9.17, 15) is 5.11 Å². The number of fused-ring (bicyclic) bond motifs is 1. The number of anilines is 1. The highest BCUT2D eigenvalue weighted by atomic mass is 16.3. The van der Waals surface area contributed by atoms with Gasteiger partial charge in [-0.2, -0.15) is 0 Å². The van der Waals surface area contributed by atoms with Gasteiger partial charge in [-0.3, -0.25) is 0 Å². The van der Waals surface area contributed by atoms with Gasteiger partial charge in [-0.25, -0.2) is 0 Å². The molecule has 1 aliphatic rings. The first kappa shape index (κ1) is 15.5. The van der Waals surface area contributed by atoms with Gasteiger partial charge in [0, 0.05) is 17.0 Å². The summed E-state index contributed by atoms with van der Waals surface area (Å²) >= 11 is 0. The third-order valence-electron chi connectivity index (χ3n) is 5.37. The van der Waals surface area contributed by atoms with Crippen LogP contribution in [-0.4, -0.2) is 5.11 Å². The van der Waals surface area contributed by atoms with Gasteiger partial charge in [0.2, 0.25) is 0 Å². The lowest BCUT2D eigenvalue weighted by molar-refractivity contribution is 0.472. The van der Waals surface area contributed by atoms with Crippen LogP contribution >= 0.6 is 0 Å². The summed E-state index contributed by atoms with van der Waals surface area (Å²) in [6.45, 7) is 2.26. The molecule has 0 saturated heterocycles. The van der Waals surface area contributed by atoms with E-state index in [0.29, 0.717) is 0 Å². The molecule has 3 aromatic rings. The van der Waals surface area contributed by atoms with Crippen LogP contribution in [0.3, 0.4) is 0 Å². The van der Waals surface area contributed by atoms with Crippen LogP contribution < -0.4 is 5.73 Å². The molecule has 2 nitrogen and oxygen atoms in total. The molecule has 2 unspecified atom stereocenters. The average Bonchev–Trinajstić information content (AvgIpc) is 3.06. The van der Waals surface area contributed by atoms with Gasteiger partial charge in [-0.05, 0) is 46.5 Å². The summed E-state index contributed by atoms with van der Waals surface area (Å²) in [4.78, 5) is 0. The highest BCUT2D eigenvalue weighted by molar-refractivity contribution is 5.66. The predicted octanol–water partition coefficient (Wildman–Crippen LogP) is 5.09. The fraction of sp³-hybridized carbons (Fsp3) is 0.130. The van der Waals surface area contributed by atoms with Crippen LogP contribution in [-0.2, 0) is 5.41 Å². The van der Waals surface area contributed by atoms with Gasteiger partial charge in [0.25, 0.3) is 0 Å². The normalized spacial score (nSPS) is 17.9. The van der Waals surface area contributed by atoms with E-state index in [0.717, 1.165) is 11.3 Å². The number of hydrogen-bond acceptors (Lipinski definition) is 2. The maximum atomic E-state index is 9.73. The topological polar surface area (TPSA) is 46.2 Å². The average molecular weight is 327 g/mol. The predicted molar refractivity (Wildman–Crippen MR) is 104 cm³/mol. The number of phenolic OH excluding ortho intramolecular Hbond substituents is 1. The second-order valence-corrected chi connectivity index (χ2v) is 6.84. The summed E-state index contributed by atoms with van der Waals surface area (Å²) in [6.07, 6.45) is 4.48. The molecule has 0 fully saturated rings. The number of aromatic hydroxyl groups is 1. The molecule has 3 aromatic carbocycles. The van der Waals surface area contributed by atoms with Crippen molar-refractivity contribution in [1.29, 1.82) is 0 Å². The van der Waals surface area contributed by atoms with Crippen LogP contribution in [0.15, 0.2) is 78.9 Å². The largest absolute Gasteiger partial charge is 0.508 e. The molecule has 0 bridgehead atoms. The lowest BCUT2D eigenvalue weighted by atomic mass is 9.65. The zero-order valence-electron chi connectivity index (χ0n) is 14.2. The van der Waals surface area contributed by atoms with Crippen LogP contribution in [0.2, 0.25) is 0 Å². The Bertz CT molecular complexity index is 942. The van der Waals surface area contributed by atoms with Crippen molar-refractivity contribution in [2.45, 2.75) is 18.3 Å². The monoisotopic (exact) mass is 327 g/mol. The summed E-state index contributed by atoms with van der Waals surface area (Å²) in [7, 11) is 0. The molecule has 25 heavy (non-hydrogen) atoms. The molecule has 0 radical (unpaired) electrons. The first-order valence-electron chi connectivity index (χ1n) is 8.52. The number of allylic oxidation sites excluding steroid dienone is 1. The molecule has 0 spiro atoms. The number of hydrogen-bond donors (Lipinski definition) is 2. The lowest BCUT2D eigenvalue weighted by Crippen LogP contribution is -2.30. The molecule has 0 amide bonds. The Balaban J connectivity index is 1.94. The third kappa shape index (κ3) is 2.51. The maximum Gasteiger partial charge on any atom is 0.115 e. The molecular weight excluding hydrogens is 306 g/mol. The number of phenols is 1. The quantitative estimate of drug-likeness (QED) is 0.658. The second-order valence-electron chi connectivity index (χ2n) is 6.84. The molecular formula is C23H21NO. The Morgan fingerprint density at radius 3 is 2.40 bits per heavy atom. The van der Waals surface area contributed by atoms with E-state index in [4.69, 9.17) is 5.73 Å². The fourth-order valence-electron chi connectivity index (χ4n) is 3.95. The Kier molecular flexibility index (Phi) is 3.61. The summed E-state index contributed by atoms with van der Waals surface area (Å²) < 4.78 is 0. The van der Waals surface area contributed by atoms with Crippen molar-refractivity contribution < 1.29 is 5.11 Å². The third-order valence-corrected chi connectivity index (χ3v) is 5.37. The first-order chi connectivity index (χ1) is 12.1. The molecule has 0 heterocycles. The van der Waals surface area contributed by atoms with E-state index < -0.39 is 0 Å². The van der Waals surface area contributed by atoms with Crippen LogP contribution in [0.5, 0.6) is 5.75 Å². The van der Waals surface area contributed by atoms with E-state index in [1.165, 1.54) is 16.7 Å². The summed E-state index contributed by atoms with van der Waals surface area (Å²) in [5.41, 5.74) is 11.5. The van der Waals surface area contributed by atoms with Crippen LogP contribution in [0.4, 0.5) is 5.69 Å². The second kappa shape index (κ2) is 5.82. The van der Waals surface area contributed by atoms with Gasteiger partial charge < -0.3 is 10.8 Å². The van der Waals surface area contributed by atoms with Crippen LogP contribution in [0.25, 0.3) is 6.08 Å². The Morgan fingerprint density at radius 1 is 0.880 bits per heavy atom. The number of nitrogen functional groups attached to an aromatic ring is 1. The Hall–Kier alpha value is -3.00. The van der Waals surface area contributed by atoms with E-state index in [2.05, 4.69) is 55.5 Å². The first-order valence-corrected chi connectivity index (χ1v) is 8.52. The highest BCUT2D eigenvalue weighted by Gasteiger charge is 2.39. The Labute approximate surface area is 148 Å². The van der Waals surface area contributed by atoms with Crippen LogP contribution in [0, 0.1) is 0 Å². The van der Waals surface area contributed by atoms with E-state index >= 15 is 0 Å². The highest BCUT2D eigenvalue weighted by Crippen LogP contribution is 2.49. The fourth-order valence-corrected chi connectivity index (χ4v) is 3.95. The number of rotatable bonds is 3. The van der Waals surface area contributed by atoms with Gasteiger partial charge in [0.15, 0.2) is 0 Å². The molecule has 0 aromatic heterocycles. The van der Waals surface area contributed by atoms with Crippen molar-refractivity contribution in [2.75, 3.05) is 5.73 Å². The zero-order chi connectivity index (χ0) is 17.4. The molecule has 124 valence electrons. The molecule has 2 heteroatoms. The van der Waals surface area contributed by atoms with E-state index in [1.807, 2.05) is 24.3 Å². The molecule has 1 aliphatic carbocycles. The number of benzene rings is 3. The standard InChI is InChI=1S/C23H21NO/c1-23(17-10-12-20(25)13-11-17,18-6-4-7-19(24)15-18)22-14-9-16-5-2-3-8-21(16)22/h2-15,22,25H,24H2,1H3. The number of nitrogens with two attached hydrogens (primary N) is 1. The van der Waals surface area contributed by atoms with Crippen molar-refractivity contribution in [1.82, 2.24) is 0 Å². The summed E-state index contributed by atoms with van der Waals surface area (Å²) in [5.74, 6) is 0.482. The lowest BCUT2D eigenvalue weighted by Gasteiger charge is -2.37. The zero-order valence-corrected chi connectivity index (χ0v) is 14.2. The minimum atomic E-state index is -0.286. The van der Waals surface area contributed by atoms with Crippen molar-refractivity contribution in [3.63, 3.8) is 0 Å². The van der Waals surface area contributed by atoms with Gasteiger partial charge in [0.1, 0.15) is 5.75 Å². The maximum absolute atomic E-state index is 9.73. The van der Waals surface area contributed by atoms with Crippen molar-refractivity contribution in [3.05, 3.63) is 101 Å². The van der Waals surface area contributed by atoms with Gasteiger partial charge in [-0.15, -0.1) is 0 Å². The molecule has 0 aliphatic heterocycles. The van der Waals surface area contributed by atoms with Crippen molar-refractivity contribution in [2.24, 2.45) is 0 Å². The van der Waals surface area contributed by atoms with Crippen molar-refractivity contribution >= 4 is 11.8 Å². The van der Waals surface area contributed by atoms with E-state index in [-0.39, 0.29) is 17.1 Å². The van der Waals surface area contributed by atoms with Gasteiger partial charge >= 0.3 is 0 Å². The van der Waals surface area contributed by atoms with Gasteiger partial charge in [-0.1, -0.05) is 67.6 Å². The van der Waals surface area contributed by atoms with E-state index in [1.54, 1.807) is 12.1 Å². The molecule has 3 N–H and O–H groups in total. The minimum absolute atomic E-state index is 0.204. The summed E-state index contributed by atoms with van der Waals surface area (Å²) in [6, 6.07) is 24.2. The Morgan fingerprint density at radius 2 is 1.64 bits per heavy atom. The smallest absolute Gasteiger partial charge is 0.115 e. The molecule has 4 rings (SSSR count). The summed E-state index contributed by atoms with van der Waals surface area (Å²) in [5, 5.41) is 9.73. The molecule has 2 atom stereocenters. The van der Waals surface area contributed by atoms with Crippen LogP contribution in [0.1, 0.15) is 35.1 Å². The SMILES string of the molecule is CC(c1ccc(O)cc1)(c1cccc(N)c1)C1C=Cc2ccccc21. The van der Waals surface area contributed by atoms with Crippen molar-refractivity contribution in [3.8, 4) is 5.75 Å². The molecule has 0 saturated carbocycles. The minimum Gasteiger partial charge on any atom is -0.508 e. The van der Waals surface area contributed by atoms with Gasteiger partial charge in [0.05, 0.1) is 0 Å².